The van der Waals surface area contributed by atoms with Gasteiger partial charge in [-0.1, -0.05) is 6.08 Å². The Morgan fingerprint density at radius 3 is 2.83 bits per heavy atom. The van der Waals surface area contributed by atoms with Crippen LogP contribution in [0.2, 0.25) is 0 Å². The number of esters is 1. The monoisotopic (exact) mass is 167 g/mol. The standard InChI is InChI=1S/C8H9NO3/c10-7-6(9-8(11)12-7)5-3-1-2-4-5/h3,6H,1-2,4H2,(H,9,11). The highest BCUT2D eigenvalue weighted by atomic mass is 16.6. The number of hydrogen-bond acceptors (Lipinski definition) is 3. The number of carbonyl (C=O) groups is 2. The minimum atomic E-state index is -0.627. The summed E-state index contributed by atoms with van der Waals surface area (Å²) >= 11 is 0. The third-order valence-electron chi connectivity index (χ3n) is 2.14. The van der Waals surface area contributed by atoms with Crippen LogP contribution in [0.1, 0.15) is 19.3 Å². The van der Waals surface area contributed by atoms with E-state index in [0.717, 1.165) is 24.8 Å². The zero-order chi connectivity index (χ0) is 8.55. The Morgan fingerprint density at radius 2 is 2.33 bits per heavy atom. The van der Waals surface area contributed by atoms with Crippen LogP contribution in [0.15, 0.2) is 11.6 Å². The highest BCUT2D eigenvalue weighted by Gasteiger charge is 2.35. The number of nitrogens with one attached hydrogen (secondary N) is 1. The number of rotatable bonds is 1. The van der Waals surface area contributed by atoms with E-state index in [1.807, 2.05) is 6.08 Å². The molecule has 2 aliphatic rings. The molecule has 1 unspecified atom stereocenters. The summed E-state index contributed by atoms with van der Waals surface area (Å²) in [6.45, 7) is 0. The summed E-state index contributed by atoms with van der Waals surface area (Å²) in [6, 6.07) is -0.500. The van der Waals surface area contributed by atoms with Gasteiger partial charge in [0, 0.05) is 0 Å². The first-order valence-corrected chi connectivity index (χ1v) is 3.98. The minimum Gasteiger partial charge on any atom is -0.374 e. The number of cyclic esters (lactones) is 2. The van der Waals surface area contributed by atoms with Crippen LogP contribution >= 0.6 is 0 Å². The normalized spacial score (nSPS) is 28.3. The lowest BCUT2D eigenvalue weighted by Gasteiger charge is -2.04. The molecule has 0 aromatic carbocycles. The lowest BCUT2D eigenvalue weighted by Crippen LogP contribution is -2.30. The third-order valence-corrected chi connectivity index (χ3v) is 2.14. The summed E-state index contributed by atoms with van der Waals surface area (Å²) in [5.41, 5.74) is 0.992. The molecule has 0 radical (unpaired) electrons. The highest BCUT2D eigenvalue weighted by Crippen LogP contribution is 2.23. The van der Waals surface area contributed by atoms with Crippen molar-refractivity contribution in [2.45, 2.75) is 25.3 Å². The van der Waals surface area contributed by atoms with Crippen molar-refractivity contribution in [2.24, 2.45) is 0 Å². The fourth-order valence-electron chi connectivity index (χ4n) is 1.56. The lowest BCUT2D eigenvalue weighted by molar-refractivity contribution is -0.134. The molecule has 64 valence electrons. The van der Waals surface area contributed by atoms with E-state index in [2.05, 4.69) is 10.1 Å². The van der Waals surface area contributed by atoms with Gasteiger partial charge in [0.25, 0.3) is 0 Å². The number of hydrogen-bond donors (Lipinski definition) is 1. The summed E-state index contributed by atoms with van der Waals surface area (Å²) in [4.78, 5) is 21.7. The van der Waals surface area contributed by atoms with Gasteiger partial charge in [-0.25, -0.2) is 9.59 Å². The van der Waals surface area contributed by atoms with Crippen LogP contribution in [0, 0.1) is 0 Å². The van der Waals surface area contributed by atoms with Crippen molar-refractivity contribution in [2.75, 3.05) is 0 Å². The minimum absolute atomic E-state index is 0.465. The average Bonchev–Trinajstić information content (AvgIpc) is 2.58. The molecule has 1 aliphatic carbocycles. The van der Waals surface area contributed by atoms with E-state index < -0.39 is 18.1 Å². The van der Waals surface area contributed by atoms with E-state index >= 15 is 0 Å². The molecular weight excluding hydrogens is 158 g/mol. The molecule has 0 bridgehead atoms. The first-order valence-electron chi connectivity index (χ1n) is 3.98. The molecule has 1 amide bonds. The quantitative estimate of drug-likeness (QED) is 0.356. The van der Waals surface area contributed by atoms with E-state index in [-0.39, 0.29) is 0 Å². The SMILES string of the molecule is O=C1NC(C2=CCCC2)C(=O)O1. The molecule has 0 saturated carbocycles. The van der Waals surface area contributed by atoms with E-state index in [1.165, 1.54) is 0 Å². The van der Waals surface area contributed by atoms with Gasteiger partial charge in [-0.2, -0.15) is 0 Å². The van der Waals surface area contributed by atoms with Crippen LogP contribution in [0.4, 0.5) is 4.79 Å². The molecule has 12 heavy (non-hydrogen) atoms. The predicted molar refractivity (Wildman–Crippen MR) is 40.3 cm³/mol. The van der Waals surface area contributed by atoms with Gasteiger partial charge in [-0.05, 0) is 24.8 Å². The second-order valence-corrected chi connectivity index (χ2v) is 2.96. The maximum absolute atomic E-state index is 11.0. The fraction of sp³-hybridized carbons (Fsp3) is 0.500. The van der Waals surface area contributed by atoms with E-state index in [1.54, 1.807) is 0 Å². The number of carbonyl (C=O) groups excluding carboxylic acids is 2. The Hall–Kier alpha value is -1.32. The Labute approximate surface area is 69.6 Å². The summed E-state index contributed by atoms with van der Waals surface area (Å²) in [6.07, 6.45) is 4.32. The van der Waals surface area contributed by atoms with Crippen LogP contribution in [0.3, 0.4) is 0 Å². The van der Waals surface area contributed by atoms with Crippen molar-refractivity contribution in [1.29, 1.82) is 0 Å². The Kier molecular flexibility index (Phi) is 1.60. The maximum Gasteiger partial charge on any atom is 0.415 e. The van der Waals surface area contributed by atoms with E-state index in [9.17, 15) is 9.59 Å². The molecule has 4 nitrogen and oxygen atoms in total. The van der Waals surface area contributed by atoms with Gasteiger partial charge < -0.3 is 10.1 Å². The van der Waals surface area contributed by atoms with Crippen LogP contribution in [-0.4, -0.2) is 18.1 Å². The Bertz CT molecular complexity index is 269. The number of alkyl carbamates (subject to hydrolysis) is 1. The van der Waals surface area contributed by atoms with Gasteiger partial charge in [0.2, 0.25) is 0 Å². The number of amides is 1. The number of allylic oxidation sites excluding steroid dienone is 1. The molecule has 4 heteroatoms. The average molecular weight is 167 g/mol. The molecule has 2 rings (SSSR count). The van der Waals surface area contributed by atoms with Crippen LogP contribution < -0.4 is 5.32 Å². The second kappa shape index (κ2) is 2.62. The van der Waals surface area contributed by atoms with Crippen molar-refractivity contribution in [3.63, 3.8) is 0 Å². The van der Waals surface area contributed by atoms with Crippen molar-refractivity contribution in [1.82, 2.24) is 5.32 Å². The van der Waals surface area contributed by atoms with Crippen molar-refractivity contribution in [3.05, 3.63) is 11.6 Å². The van der Waals surface area contributed by atoms with Gasteiger partial charge in [0.15, 0.2) is 6.04 Å². The zero-order valence-corrected chi connectivity index (χ0v) is 6.50. The molecule has 1 heterocycles. The molecule has 1 saturated heterocycles. The maximum atomic E-state index is 11.0. The lowest BCUT2D eigenvalue weighted by atomic mass is 10.1. The van der Waals surface area contributed by atoms with Crippen LogP contribution in [0.5, 0.6) is 0 Å². The number of ether oxygens (including phenoxy) is 1. The van der Waals surface area contributed by atoms with Crippen LogP contribution in [-0.2, 0) is 9.53 Å². The molecular formula is C8H9NO3. The van der Waals surface area contributed by atoms with E-state index in [4.69, 9.17) is 0 Å². The molecule has 1 atom stereocenters. The summed E-state index contributed by atoms with van der Waals surface area (Å²) in [5, 5.41) is 2.47. The summed E-state index contributed by atoms with van der Waals surface area (Å²) in [7, 11) is 0. The molecule has 0 spiro atoms. The molecule has 1 fully saturated rings. The van der Waals surface area contributed by atoms with Gasteiger partial charge in [-0.15, -0.1) is 0 Å². The van der Waals surface area contributed by atoms with Gasteiger partial charge in [-0.3, -0.25) is 0 Å². The first kappa shape index (κ1) is 7.34. The molecule has 0 aromatic heterocycles. The molecule has 0 aromatic rings. The van der Waals surface area contributed by atoms with E-state index in [0.29, 0.717) is 0 Å². The summed E-state index contributed by atoms with van der Waals surface area (Å²) in [5.74, 6) is -0.465. The third kappa shape index (κ3) is 1.09. The second-order valence-electron chi connectivity index (χ2n) is 2.96. The highest BCUT2D eigenvalue weighted by molar-refractivity contribution is 5.97. The van der Waals surface area contributed by atoms with Crippen molar-refractivity contribution < 1.29 is 14.3 Å². The van der Waals surface area contributed by atoms with Gasteiger partial charge in [0.1, 0.15) is 0 Å². The zero-order valence-electron chi connectivity index (χ0n) is 6.50. The molecule has 1 N–H and O–H groups in total. The fourth-order valence-corrected chi connectivity index (χ4v) is 1.56. The topological polar surface area (TPSA) is 55.4 Å². The first-order chi connectivity index (χ1) is 5.77. The Morgan fingerprint density at radius 1 is 1.50 bits per heavy atom. The van der Waals surface area contributed by atoms with Gasteiger partial charge in [0.05, 0.1) is 0 Å². The largest absolute Gasteiger partial charge is 0.415 e. The smallest absolute Gasteiger partial charge is 0.374 e. The van der Waals surface area contributed by atoms with Gasteiger partial charge >= 0.3 is 12.1 Å². The van der Waals surface area contributed by atoms with Crippen LogP contribution in [0.25, 0.3) is 0 Å². The Balaban J connectivity index is 2.13. The van der Waals surface area contributed by atoms with Crippen molar-refractivity contribution >= 4 is 12.1 Å². The predicted octanol–water partition coefficient (Wildman–Crippen LogP) is 0.732. The molecule has 1 aliphatic heterocycles. The summed E-state index contributed by atoms with van der Waals surface area (Å²) < 4.78 is 4.36. The van der Waals surface area contributed by atoms with Crippen molar-refractivity contribution in [3.8, 4) is 0 Å².